The molecule has 17 heavy (non-hydrogen) atoms. The van der Waals surface area contributed by atoms with Gasteiger partial charge in [0.05, 0.1) is 14.4 Å². The third-order valence-electron chi connectivity index (χ3n) is 2.42. The van der Waals surface area contributed by atoms with Crippen molar-refractivity contribution in [2.45, 2.75) is 12.5 Å². The van der Waals surface area contributed by atoms with Crippen molar-refractivity contribution < 1.29 is 9.50 Å². The fourth-order valence-corrected chi connectivity index (χ4v) is 3.18. The summed E-state index contributed by atoms with van der Waals surface area (Å²) in [6.45, 7) is 0. The van der Waals surface area contributed by atoms with Crippen molar-refractivity contribution in [1.82, 2.24) is 0 Å². The first-order valence-corrected chi connectivity index (χ1v) is 7.39. The molecule has 0 aliphatic carbocycles. The summed E-state index contributed by atoms with van der Waals surface area (Å²) < 4.78 is 14.7. The van der Waals surface area contributed by atoms with Crippen molar-refractivity contribution >= 4 is 43.2 Å². The second kappa shape index (κ2) is 5.61. The molecule has 1 aromatic heterocycles. The molecule has 5 heteroatoms. The van der Waals surface area contributed by atoms with Gasteiger partial charge in [-0.1, -0.05) is 12.1 Å². The lowest BCUT2D eigenvalue weighted by molar-refractivity contribution is 0.178. The molecular weight excluding hydrogens is 371 g/mol. The van der Waals surface area contributed by atoms with Crippen LogP contribution in [0, 0.1) is 5.82 Å². The second-order valence-corrected chi connectivity index (χ2v) is 6.70. The van der Waals surface area contributed by atoms with Crippen LogP contribution in [0.25, 0.3) is 0 Å². The van der Waals surface area contributed by atoms with E-state index in [4.69, 9.17) is 0 Å². The number of hydrogen-bond acceptors (Lipinski definition) is 2. The predicted octanol–water partition coefficient (Wildman–Crippen LogP) is 4.69. The van der Waals surface area contributed by atoms with E-state index in [2.05, 4.69) is 31.9 Å². The Morgan fingerprint density at radius 1 is 1.35 bits per heavy atom. The highest BCUT2D eigenvalue weighted by Crippen LogP contribution is 2.29. The van der Waals surface area contributed by atoms with Crippen LogP contribution in [0.15, 0.2) is 37.9 Å². The molecule has 0 spiro atoms. The van der Waals surface area contributed by atoms with Gasteiger partial charge in [-0.05, 0) is 60.5 Å². The Balaban J connectivity index is 2.18. The number of thiophene rings is 1. The molecule has 0 amide bonds. The Morgan fingerprint density at radius 2 is 2.12 bits per heavy atom. The minimum absolute atomic E-state index is 0.304. The van der Waals surface area contributed by atoms with Crippen LogP contribution >= 0.6 is 43.2 Å². The van der Waals surface area contributed by atoms with E-state index in [0.717, 1.165) is 14.9 Å². The summed E-state index contributed by atoms with van der Waals surface area (Å²) in [5, 5.41) is 11.9. The van der Waals surface area contributed by atoms with Crippen LogP contribution in [-0.4, -0.2) is 5.11 Å². The molecule has 2 rings (SSSR count). The molecule has 1 atom stereocenters. The Morgan fingerprint density at radius 3 is 2.76 bits per heavy atom. The first-order chi connectivity index (χ1) is 8.08. The van der Waals surface area contributed by atoms with Gasteiger partial charge < -0.3 is 5.11 Å². The van der Waals surface area contributed by atoms with Crippen LogP contribution in [0.4, 0.5) is 4.39 Å². The predicted molar refractivity (Wildman–Crippen MR) is 74.8 cm³/mol. The molecule has 1 N–H and O–H groups in total. The zero-order valence-electron chi connectivity index (χ0n) is 8.66. The summed E-state index contributed by atoms with van der Waals surface area (Å²) in [6, 6.07) is 6.72. The highest BCUT2D eigenvalue weighted by atomic mass is 79.9. The molecule has 0 radical (unpaired) electrons. The van der Waals surface area contributed by atoms with E-state index >= 15 is 0 Å². The molecule has 1 aromatic carbocycles. The minimum atomic E-state index is -0.615. The van der Waals surface area contributed by atoms with Gasteiger partial charge in [-0.2, -0.15) is 0 Å². The zero-order chi connectivity index (χ0) is 12.4. The average Bonchev–Trinajstić information content (AvgIpc) is 2.72. The van der Waals surface area contributed by atoms with E-state index in [0.29, 0.717) is 10.9 Å². The minimum Gasteiger partial charge on any atom is -0.388 e. The maximum absolute atomic E-state index is 13.3. The number of aliphatic hydroxyl groups is 1. The van der Waals surface area contributed by atoms with Crippen molar-refractivity contribution in [1.29, 1.82) is 0 Å². The molecule has 0 aliphatic heterocycles. The Labute approximate surface area is 120 Å². The summed E-state index contributed by atoms with van der Waals surface area (Å²) in [6.07, 6.45) is -0.225. The van der Waals surface area contributed by atoms with Gasteiger partial charge in [0.25, 0.3) is 0 Å². The highest BCUT2D eigenvalue weighted by molar-refractivity contribution is 9.11. The van der Waals surface area contributed by atoms with Crippen LogP contribution in [0.2, 0.25) is 0 Å². The van der Waals surface area contributed by atoms with Gasteiger partial charge in [0.1, 0.15) is 5.82 Å². The fraction of sp³-hybridized carbons (Fsp3) is 0.167. The number of aliphatic hydroxyl groups excluding tert-OH is 1. The van der Waals surface area contributed by atoms with Gasteiger partial charge in [0.15, 0.2) is 0 Å². The number of halogens is 3. The Bertz CT molecular complexity index is 527. The molecule has 1 heterocycles. The van der Waals surface area contributed by atoms with Crippen LogP contribution in [0.1, 0.15) is 17.2 Å². The fourth-order valence-electron chi connectivity index (χ4n) is 1.53. The molecule has 0 bridgehead atoms. The Hall–Kier alpha value is -0.230. The van der Waals surface area contributed by atoms with Gasteiger partial charge >= 0.3 is 0 Å². The monoisotopic (exact) mass is 378 g/mol. The van der Waals surface area contributed by atoms with Gasteiger partial charge in [0.2, 0.25) is 0 Å². The van der Waals surface area contributed by atoms with Crippen LogP contribution in [0.3, 0.4) is 0 Å². The van der Waals surface area contributed by atoms with Crippen LogP contribution in [-0.2, 0) is 6.42 Å². The largest absolute Gasteiger partial charge is 0.388 e. The van der Waals surface area contributed by atoms with E-state index < -0.39 is 6.10 Å². The Kier molecular flexibility index (Phi) is 4.36. The van der Waals surface area contributed by atoms with Gasteiger partial charge in [-0.15, -0.1) is 11.3 Å². The normalized spacial score (nSPS) is 12.7. The second-order valence-electron chi connectivity index (χ2n) is 3.62. The van der Waals surface area contributed by atoms with E-state index in [1.165, 1.54) is 17.4 Å². The summed E-state index contributed by atoms with van der Waals surface area (Å²) >= 11 is 8.07. The number of benzene rings is 1. The van der Waals surface area contributed by atoms with Crippen molar-refractivity contribution in [3.05, 3.63) is 54.8 Å². The standard InChI is InChI=1S/C12H9Br2FOS/c13-11-5-8(6-17-11)10(16)4-7-2-1-3-9(15)12(7)14/h1-3,5-6,10,16H,4H2. The summed E-state index contributed by atoms with van der Waals surface area (Å²) in [4.78, 5) is 0. The lowest BCUT2D eigenvalue weighted by Crippen LogP contribution is -2.01. The van der Waals surface area contributed by atoms with Crippen molar-refractivity contribution in [2.75, 3.05) is 0 Å². The van der Waals surface area contributed by atoms with Gasteiger partial charge in [-0.25, -0.2) is 4.39 Å². The maximum atomic E-state index is 13.3. The molecule has 1 unspecified atom stereocenters. The topological polar surface area (TPSA) is 20.2 Å². The molecule has 2 aromatic rings. The average molecular weight is 380 g/mol. The van der Waals surface area contributed by atoms with Crippen molar-refractivity contribution in [3.8, 4) is 0 Å². The first-order valence-electron chi connectivity index (χ1n) is 4.93. The maximum Gasteiger partial charge on any atom is 0.137 e. The SMILES string of the molecule is OC(Cc1cccc(F)c1Br)c1csc(Br)c1. The molecule has 0 saturated heterocycles. The van der Waals surface area contributed by atoms with Crippen molar-refractivity contribution in [2.24, 2.45) is 0 Å². The van der Waals surface area contributed by atoms with E-state index in [1.54, 1.807) is 12.1 Å². The van der Waals surface area contributed by atoms with Gasteiger partial charge in [0, 0.05) is 6.42 Å². The smallest absolute Gasteiger partial charge is 0.137 e. The third kappa shape index (κ3) is 3.16. The molecular formula is C12H9Br2FOS. The summed E-state index contributed by atoms with van der Waals surface area (Å²) in [5.74, 6) is -0.304. The van der Waals surface area contributed by atoms with E-state index in [1.807, 2.05) is 11.4 Å². The molecule has 0 saturated carbocycles. The molecule has 90 valence electrons. The first kappa shape index (κ1) is 13.2. The number of hydrogen-bond donors (Lipinski definition) is 1. The van der Waals surface area contributed by atoms with Gasteiger partial charge in [-0.3, -0.25) is 0 Å². The quantitative estimate of drug-likeness (QED) is 0.820. The lowest BCUT2D eigenvalue weighted by Gasteiger charge is -2.10. The van der Waals surface area contributed by atoms with E-state index in [9.17, 15) is 9.50 Å². The summed E-state index contributed by atoms with van der Waals surface area (Å²) in [7, 11) is 0. The van der Waals surface area contributed by atoms with Crippen LogP contribution < -0.4 is 0 Å². The highest BCUT2D eigenvalue weighted by Gasteiger charge is 2.13. The summed E-state index contributed by atoms with van der Waals surface area (Å²) in [5.41, 5.74) is 1.61. The van der Waals surface area contributed by atoms with E-state index in [-0.39, 0.29) is 5.82 Å². The van der Waals surface area contributed by atoms with Crippen LogP contribution in [0.5, 0.6) is 0 Å². The lowest BCUT2D eigenvalue weighted by atomic mass is 10.0. The molecule has 0 aliphatic rings. The molecule has 0 fully saturated rings. The van der Waals surface area contributed by atoms with Crippen molar-refractivity contribution in [3.63, 3.8) is 0 Å². The third-order valence-corrected chi connectivity index (χ3v) is 4.83. The zero-order valence-corrected chi connectivity index (χ0v) is 12.6. The number of rotatable bonds is 3. The molecule has 1 nitrogen and oxygen atoms in total.